The van der Waals surface area contributed by atoms with Crippen LogP contribution in [0.5, 0.6) is 0 Å². The molecule has 1 aliphatic rings. The summed E-state index contributed by atoms with van der Waals surface area (Å²) in [6, 6.07) is 0. The first-order chi connectivity index (χ1) is 9.11. The molecule has 1 fully saturated rings. The maximum Gasteiger partial charge on any atom is 0.157 e. The molecule has 6 heteroatoms. The number of anilines is 2. The van der Waals surface area contributed by atoms with Gasteiger partial charge in [0, 0.05) is 20.6 Å². The van der Waals surface area contributed by atoms with Gasteiger partial charge in [-0.3, -0.25) is 0 Å². The number of hydrogen-bond acceptors (Lipinski definition) is 5. The maximum atomic E-state index is 6.09. The van der Waals surface area contributed by atoms with Crippen molar-refractivity contribution in [3.8, 4) is 0 Å². The summed E-state index contributed by atoms with van der Waals surface area (Å²) < 4.78 is 0. The molecule has 0 saturated carbocycles. The third kappa shape index (κ3) is 3.48. The molecule has 1 saturated heterocycles. The molecule has 0 aromatic carbocycles. The van der Waals surface area contributed by atoms with Gasteiger partial charge >= 0.3 is 0 Å². The van der Waals surface area contributed by atoms with Gasteiger partial charge in [-0.15, -0.1) is 0 Å². The summed E-state index contributed by atoms with van der Waals surface area (Å²) in [5.41, 5.74) is 0.805. The first kappa shape index (κ1) is 14.3. The largest absolute Gasteiger partial charge is 0.383 e. The number of nitrogens with one attached hydrogen (secondary N) is 1. The lowest BCUT2D eigenvalue weighted by atomic mass is 9.97. The summed E-state index contributed by atoms with van der Waals surface area (Å²) in [4.78, 5) is 12.9. The minimum Gasteiger partial charge on any atom is -0.383 e. The van der Waals surface area contributed by atoms with Crippen LogP contribution in [0.4, 0.5) is 11.5 Å². The SMILES string of the molecule is CNc1c(Cl)ncnc1N(C)CC1CCN(C)CC1. The van der Waals surface area contributed by atoms with Crippen molar-refractivity contribution < 1.29 is 0 Å². The van der Waals surface area contributed by atoms with Crippen LogP contribution in [-0.4, -0.2) is 55.6 Å². The van der Waals surface area contributed by atoms with Crippen molar-refractivity contribution in [3.63, 3.8) is 0 Å². The van der Waals surface area contributed by atoms with Crippen LogP contribution >= 0.6 is 11.6 Å². The number of likely N-dealkylation sites (tertiary alicyclic amines) is 1. The Balaban J connectivity index is 2.03. The molecule has 19 heavy (non-hydrogen) atoms. The number of hydrogen-bond donors (Lipinski definition) is 1. The molecule has 1 aromatic rings. The highest BCUT2D eigenvalue weighted by atomic mass is 35.5. The lowest BCUT2D eigenvalue weighted by Crippen LogP contribution is -2.36. The third-order valence-electron chi connectivity index (χ3n) is 3.76. The zero-order valence-corrected chi connectivity index (χ0v) is 12.6. The summed E-state index contributed by atoms with van der Waals surface area (Å²) in [5.74, 6) is 1.60. The van der Waals surface area contributed by atoms with Crippen molar-refractivity contribution in [2.45, 2.75) is 12.8 Å². The van der Waals surface area contributed by atoms with E-state index in [0.717, 1.165) is 24.0 Å². The number of halogens is 1. The van der Waals surface area contributed by atoms with Crippen LogP contribution in [0, 0.1) is 5.92 Å². The fourth-order valence-corrected chi connectivity index (χ4v) is 2.80. The van der Waals surface area contributed by atoms with Gasteiger partial charge in [-0.2, -0.15) is 0 Å². The van der Waals surface area contributed by atoms with Gasteiger partial charge in [0.2, 0.25) is 0 Å². The van der Waals surface area contributed by atoms with Crippen molar-refractivity contribution in [3.05, 3.63) is 11.5 Å². The Morgan fingerprint density at radius 3 is 2.74 bits per heavy atom. The van der Waals surface area contributed by atoms with E-state index >= 15 is 0 Å². The van der Waals surface area contributed by atoms with Gasteiger partial charge in [-0.05, 0) is 38.9 Å². The summed E-state index contributed by atoms with van der Waals surface area (Å²) >= 11 is 6.09. The van der Waals surface area contributed by atoms with Crippen LogP contribution in [0.1, 0.15) is 12.8 Å². The Labute approximate surface area is 120 Å². The summed E-state index contributed by atoms with van der Waals surface area (Å²) in [7, 11) is 6.10. The second-order valence-corrected chi connectivity index (χ2v) is 5.60. The second-order valence-electron chi connectivity index (χ2n) is 5.24. The molecule has 106 valence electrons. The molecule has 2 rings (SSSR count). The van der Waals surface area contributed by atoms with E-state index in [1.807, 2.05) is 7.05 Å². The molecular formula is C13H22ClN5. The zero-order chi connectivity index (χ0) is 13.8. The fraction of sp³-hybridized carbons (Fsp3) is 0.692. The first-order valence-electron chi connectivity index (χ1n) is 6.69. The molecule has 0 aliphatic carbocycles. The summed E-state index contributed by atoms with van der Waals surface area (Å²) in [6.45, 7) is 3.37. The lowest BCUT2D eigenvalue weighted by molar-refractivity contribution is 0.222. The van der Waals surface area contributed by atoms with E-state index in [4.69, 9.17) is 11.6 Å². The van der Waals surface area contributed by atoms with Gasteiger partial charge < -0.3 is 15.1 Å². The summed E-state index contributed by atoms with van der Waals surface area (Å²) in [5, 5.41) is 3.56. The van der Waals surface area contributed by atoms with Crippen LogP contribution in [0.3, 0.4) is 0 Å². The molecule has 0 bridgehead atoms. The molecule has 1 aromatic heterocycles. The number of piperidine rings is 1. The van der Waals surface area contributed by atoms with Gasteiger partial charge in [-0.1, -0.05) is 11.6 Å². The van der Waals surface area contributed by atoms with E-state index in [2.05, 4.69) is 39.2 Å². The molecule has 5 nitrogen and oxygen atoms in total. The molecule has 0 unspecified atom stereocenters. The average molecular weight is 284 g/mol. The minimum absolute atomic E-state index is 0.475. The van der Waals surface area contributed by atoms with E-state index in [1.165, 1.54) is 32.3 Å². The molecule has 0 atom stereocenters. The van der Waals surface area contributed by atoms with Crippen LogP contribution < -0.4 is 10.2 Å². The topological polar surface area (TPSA) is 44.3 Å². The lowest BCUT2D eigenvalue weighted by Gasteiger charge is -2.32. The normalized spacial score (nSPS) is 17.5. The van der Waals surface area contributed by atoms with Crippen LogP contribution in [0.15, 0.2) is 6.33 Å². The summed E-state index contributed by atoms with van der Waals surface area (Å²) in [6.07, 6.45) is 4.01. The minimum atomic E-state index is 0.475. The van der Waals surface area contributed by atoms with Crippen molar-refractivity contribution in [2.75, 3.05) is 51.0 Å². The first-order valence-corrected chi connectivity index (χ1v) is 7.07. The van der Waals surface area contributed by atoms with E-state index < -0.39 is 0 Å². The third-order valence-corrected chi connectivity index (χ3v) is 4.05. The van der Waals surface area contributed by atoms with Gasteiger partial charge in [0.1, 0.15) is 12.0 Å². The molecular weight excluding hydrogens is 262 g/mol. The monoisotopic (exact) mass is 283 g/mol. The Hall–Kier alpha value is -1.07. The smallest absolute Gasteiger partial charge is 0.157 e. The van der Waals surface area contributed by atoms with Crippen molar-refractivity contribution >= 4 is 23.1 Å². The number of aromatic nitrogens is 2. The van der Waals surface area contributed by atoms with Crippen LogP contribution in [-0.2, 0) is 0 Å². The number of rotatable bonds is 4. The van der Waals surface area contributed by atoms with Gasteiger partial charge in [0.25, 0.3) is 0 Å². The van der Waals surface area contributed by atoms with Gasteiger partial charge in [0.15, 0.2) is 11.0 Å². The molecule has 1 N–H and O–H groups in total. The molecule has 1 aliphatic heterocycles. The van der Waals surface area contributed by atoms with Crippen molar-refractivity contribution in [1.82, 2.24) is 14.9 Å². The maximum absolute atomic E-state index is 6.09. The molecule has 0 amide bonds. The van der Waals surface area contributed by atoms with Crippen molar-refractivity contribution in [1.29, 1.82) is 0 Å². The van der Waals surface area contributed by atoms with E-state index in [0.29, 0.717) is 5.15 Å². The Kier molecular flexibility index (Phi) is 4.82. The fourth-order valence-electron chi connectivity index (χ4n) is 2.58. The van der Waals surface area contributed by atoms with Gasteiger partial charge in [-0.25, -0.2) is 9.97 Å². The predicted molar refractivity (Wildman–Crippen MR) is 80.1 cm³/mol. The quantitative estimate of drug-likeness (QED) is 0.856. The Morgan fingerprint density at radius 2 is 2.11 bits per heavy atom. The second kappa shape index (κ2) is 6.39. The highest BCUT2D eigenvalue weighted by molar-refractivity contribution is 6.32. The predicted octanol–water partition coefficient (Wildman–Crippen LogP) is 1.95. The molecule has 0 radical (unpaired) electrons. The Bertz CT molecular complexity index is 417. The van der Waals surface area contributed by atoms with E-state index in [-0.39, 0.29) is 0 Å². The highest BCUT2D eigenvalue weighted by Gasteiger charge is 2.20. The van der Waals surface area contributed by atoms with Crippen molar-refractivity contribution in [2.24, 2.45) is 5.92 Å². The van der Waals surface area contributed by atoms with Crippen LogP contribution in [0.25, 0.3) is 0 Å². The van der Waals surface area contributed by atoms with Crippen LogP contribution in [0.2, 0.25) is 5.15 Å². The average Bonchev–Trinajstić information content (AvgIpc) is 2.41. The van der Waals surface area contributed by atoms with E-state index in [1.54, 1.807) is 0 Å². The Morgan fingerprint density at radius 1 is 1.42 bits per heavy atom. The van der Waals surface area contributed by atoms with Gasteiger partial charge in [0.05, 0.1) is 0 Å². The number of nitrogens with zero attached hydrogens (tertiary/aromatic N) is 4. The van der Waals surface area contributed by atoms with E-state index in [9.17, 15) is 0 Å². The molecule has 2 heterocycles. The zero-order valence-electron chi connectivity index (χ0n) is 11.9. The molecule has 0 spiro atoms. The highest BCUT2D eigenvalue weighted by Crippen LogP contribution is 2.29. The standard InChI is InChI=1S/C13H22ClN5/c1-15-11-12(14)16-9-17-13(11)19(3)8-10-4-6-18(2)7-5-10/h9-10,15H,4-8H2,1-3H3.